The van der Waals surface area contributed by atoms with Crippen LogP contribution in [0.2, 0.25) is 0 Å². The first-order chi connectivity index (χ1) is 10.3. The van der Waals surface area contributed by atoms with Crippen molar-refractivity contribution in [2.75, 3.05) is 23.3 Å². The van der Waals surface area contributed by atoms with E-state index in [9.17, 15) is 0 Å². The van der Waals surface area contributed by atoms with E-state index in [1.807, 2.05) is 24.3 Å². The van der Waals surface area contributed by atoms with E-state index in [4.69, 9.17) is 0 Å². The third kappa shape index (κ3) is 3.91. The fourth-order valence-corrected chi connectivity index (χ4v) is 2.73. The Hall–Kier alpha value is -1.69. The van der Waals surface area contributed by atoms with E-state index in [0.717, 1.165) is 29.1 Å². The van der Waals surface area contributed by atoms with Gasteiger partial charge in [0.25, 0.3) is 0 Å². The summed E-state index contributed by atoms with van der Waals surface area (Å²) in [6, 6.07) is 7.92. The molecule has 5 nitrogen and oxygen atoms in total. The third-order valence-corrected chi connectivity index (χ3v) is 4.11. The van der Waals surface area contributed by atoms with Crippen molar-refractivity contribution in [3.63, 3.8) is 0 Å². The summed E-state index contributed by atoms with van der Waals surface area (Å²) in [4.78, 5) is 6.89. The van der Waals surface area contributed by atoms with Gasteiger partial charge in [0.05, 0.1) is 6.20 Å². The van der Waals surface area contributed by atoms with Crippen molar-refractivity contribution >= 4 is 33.4 Å². The highest BCUT2D eigenvalue weighted by molar-refractivity contribution is 9.10. The molecule has 1 aromatic heterocycles. The Morgan fingerprint density at radius 1 is 1.00 bits per heavy atom. The van der Waals surface area contributed by atoms with Crippen LogP contribution in [0.4, 0.5) is 17.5 Å². The maximum absolute atomic E-state index is 4.59. The summed E-state index contributed by atoms with van der Waals surface area (Å²) >= 11 is 3.42. The summed E-state index contributed by atoms with van der Waals surface area (Å²) in [5.41, 5.74) is 0.952. The average molecular weight is 348 g/mol. The number of nitrogens with one attached hydrogen (secondary N) is 1. The minimum Gasteiger partial charge on any atom is -0.355 e. The Kier molecular flexibility index (Phi) is 4.65. The normalized spacial score (nSPS) is 15.6. The topological polar surface area (TPSA) is 53.9 Å². The largest absolute Gasteiger partial charge is 0.355 e. The molecule has 6 heteroatoms. The molecule has 110 valence electrons. The smallest absolute Gasteiger partial charge is 0.249 e. The Bertz CT molecular complexity index is 579. The first kappa shape index (κ1) is 14.3. The summed E-state index contributed by atoms with van der Waals surface area (Å²) in [6.07, 6.45) is 6.80. The molecule has 0 saturated carbocycles. The molecule has 0 bridgehead atoms. The SMILES string of the molecule is Brc1ccc(Nc2nncc(N3CCCCCC3)n2)cc1. The molecule has 0 amide bonds. The van der Waals surface area contributed by atoms with Gasteiger partial charge in [0.2, 0.25) is 5.95 Å². The monoisotopic (exact) mass is 347 g/mol. The maximum atomic E-state index is 4.59. The van der Waals surface area contributed by atoms with E-state index in [1.165, 1.54) is 25.7 Å². The number of anilines is 3. The number of hydrogen-bond acceptors (Lipinski definition) is 5. The number of aromatic nitrogens is 3. The van der Waals surface area contributed by atoms with Gasteiger partial charge in [-0.2, -0.15) is 10.1 Å². The van der Waals surface area contributed by atoms with E-state index < -0.39 is 0 Å². The summed E-state index contributed by atoms with van der Waals surface area (Å²) in [5.74, 6) is 1.45. The second-order valence-electron chi connectivity index (χ2n) is 5.17. The van der Waals surface area contributed by atoms with Crippen LogP contribution >= 0.6 is 15.9 Å². The molecular weight excluding hydrogens is 330 g/mol. The lowest BCUT2D eigenvalue weighted by atomic mass is 10.2. The number of benzene rings is 1. The summed E-state index contributed by atoms with van der Waals surface area (Å²) in [5, 5.41) is 11.3. The van der Waals surface area contributed by atoms with Gasteiger partial charge in [-0.15, -0.1) is 5.10 Å². The van der Waals surface area contributed by atoms with Crippen LogP contribution in [0, 0.1) is 0 Å². The van der Waals surface area contributed by atoms with E-state index in [1.54, 1.807) is 6.20 Å². The molecule has 0 radical (unpaired) electrons. The molecule has 0 unspecified atom stereocenters. The van der Waals surface area contributed by atoms with Gasteiger partial charge in [-0.3, -0.25) is 0 Å². The van der Waals surface area contributed by atoms with E-state index in [-0.39, 0.29) is 0 Å². The molecule has 0 spiro atoms. The minimum absolute atomic E-state index is 0.541. The molecule has 2 aromatic rings. The molecule has 1 aliphatic rings. The van der Waals surface area contributed by atoms with Crippen LogP contribution in [0.1, 0.15) is 25.7 Å². The maximum Gasteiger partial charge on any atom is 0.249 e. The van der Waals surface area contributed by atoms with Crippen molar-refractivity contribution in [2.24, 2.45) is 0 Å². The molecular formula is C15H18BrN5. The van der Waals surface area contributed by atoms with Gasteiger partial charge in [0.1, 0.15) is 0 Å². The van der Waals surface area contributed by atoms with Crippen molar-refractivity contribution < 1.29 is 0 Å². The molecule has 2 heterocycles. The standard InChI is InChI=1S/C15H18BrN5/c16-12-5-7-13(8-6-12)18-15-19-14(11-17-20-15)21-9-3-1-2-4-10-21/h5-8,11H,1-4,9-10H2,(H,18,19,20). The van der Waals surface area contributed by atoms with Crippen molar-refractivity contribution in [3.8, 4) is 0 Å². The number of hydrogen-bond donors (Lipinski definition) is 1. The number of rotatable bonds is 3. The molecule has 0 aliphatic carbocycles. The van der Waals surface area contributed by atoms with Crippen molar-refractivity contribution in [2.45, 2.75) is 25.7 Å². The van der Waals surface area contributed by atoms with Crippen molar-refractivity contribution in [1.82, 2.24) is 15.2 Å². The predicted molar refractivity (Wildman–Crippen MR) is 87.9 cm³/mol. The Morgan fingerprint density at radius 3 is 2.43 bits per heavy atom. The van der Waals surface area contributed by atoms with Gasteiger partial charge < -0.3 is 10.2 Å². The van der Waals surface area contributed by atoms with E-state index in [0.29, 0.717) is 5.95 Å². The van der Waals surface area contributed by atoms with Crippen LogP contribution in [-0.2, 0) is 0 Å². The molecule has 21 heavy (non-hydrogen) atoms. The zero-order chi connectivity index (χ0) is 14.5. The Morgan fingerprint density at radius 2 is 1.71 bits per heavy atom. The quantitative estimate of drug-likeness (QED) is 0.915. The predicted octanol–water partition coefficient (Wildman–Crippen LogP) is 3.76. The lowest BCUT2D eigenvalue weighted by Gasteiger charge is -2.20. The second-order valence-corrected chi connectivity index (χ2v) is 6.09. The molecule has 3 rings (SSSR count). The zero-order valence-corrected chi connectivity index (χ0v) is 13.4. The Balaban J connectivity index is 1.74. The van der Waals surface area contributed by atoms with E-state index in [2.05, 4.69) is 41.3 Å². The van der Waals surface area contributed by atoms with Crippen LogP contribution < -0.4 is 10.2 Å². The molecule has 0 atom stereocenters. The minimum atomic E-state index is 0.541. The highest BCUT2D eigenvalue weighted by Crippen LogP contribution is 2.20. The van der Waals surface area contributed by atoms with Crippen molar-refractivity contribution in [1.29, 1.82) is 0 Å². The lowest BCUT2D eigenvalue weighted by Crippen LogP contribution is -2.25. The van der Waals surface area contributed by atoms with Crippen LogP contribution in [0.15, 0.2) is 34.9 Å². The molecule has 1 saturated heterocycles. The molecule has 1 N–H and O–H groups in total. The van der Waals surface area contributed by atoms with Crippen LogP contribution in [-0.4, -0.2) is 28.3 Å². The first-order valence-corrected chi connectivity index (χ1v) is 8.08. The highest BCUT2D eigenvalue weighted by atomic mass is 79.9. The summed E-state index contributed by atoms with van der Waals surface area (Å²) in [6.45, 7) is 2.10. The molecule has 1 fully saturated rings. The second kappa shape index (κ2) is 6.85. The van der Waals surface area contributed by atoms with Crippen LogP contribution in [0.3, 0.4) is 0 Å². The summed E-state index contributed by atoms with van der Waals surface area (Å²) < 4.78 is 1.05. The molecule has 1 aliphatic heterocycles. The highest BCUT2D eigenvalue weighted by Gasteiger charge is 2.12. The van der Waals surface area contributed by atoms with Gasteiger partial charge in [0.15, 0.2) is 5.82 Å². The third-order valence-electron chi connectivity index (χ3n) is 3.58. The van der Waals surface area contributed by atoms with Gasteiger partial charge in [-0.1, -0.05) is 28.8 Å². The first-order valence-electron chi connectivity index (χ1n) is 7.28. The van der Waals surface area contributed by atoms with Gasteiger partial charge >= 0.3 is 0 Å². The summed E-state index contributed by atoms with van der Waals surface area (Å²) in [7, 11) is 0. The number of halogens is 1. The Labute approximate surface area is 132 Å². The fourth-order valence-electron chi connectivity index (χ4n) is 2.46. The molecule has 1 aromatic carbocycles. The number of nitrogens with zero attached hydrogens (tertiary/aromatic N) is 4. The van der Waals surface area contributed by atoms with Crippen molar-refractivity contribution in [3.05, 3.63) is 34.9 Å². The van der Waals surface area contributed by atoms with Gasteiger partial charge in [0, 0.05) is 23.2 Å². The van der Waals surface area contributed by atoms with Crippen LogP contribution in [0.5, 0.6) is 0 Å². The lowest BCUT2D eigenvalue weighted by molar-refractivity contribution is 0.726. The van der Waals surface area contributed by atoms with E-state index >= 15 is 0 Å². The fraction of sp³-hybridized carbons (Fsp3) is 0.400. The van der Waals surface area contributed by atoms with Gasteiger partial charge in [-0.05, 0) is 37.1 Å². The van der Waals surface area contributed by atoms with Crippen LogP contribution in [0.25, 0.3) is 0 Å². The zero-order valence-electron chi connectivity index (χ0n) is 11.8. The average Bonchev–Trinajstić information content (AvgIpc) is 2.79. The van der Waals surface area contributed by atoms with Gasteiger partial charge in [-0.25, -0.2) is 0 Å².